The Morgan fingerprint density at radius 3 is 1.96 bits per heavy atom. The zero-order valence-corrected chi connectivity index (χ0v) is 15.3. The smallest absolute Gasteiger partial charge is 0.169 e. The van der Waals surface area contributed by atoms with Gasteiger partial charge in [0.15, 0.2) is 23.0 Å². The molecule has 0 saturated heterocycles. The molecule has 2 aromatic rings. The molecule has 1 N–H and O–H groups in total. The minimum Gasteiger partial charge on any atom is -0.493 e. The van der Waals surface area contributed by atoms with Gasteiger partial charge in [0.1, 0.15) is 0 Å². The molecule has 2 aromatic carbocycles. The van der Waals surface area contributed by atoms with Gasteiger partial charge < -0.3 is 19.4 Å². The summed E-state index contributed by atoms with van der Waals surface area (Å²) in [4.78, 5) is 0. The summed E-state index contributed by atoms with van der Waals surface area (Å²) in [6.07, 6.45) is 5.30. The molecule has 0 saturated carbocycles. The zero-order chi connectivity index (χ0) is 18.4. The van der Waals surface area contributed by atoms with Crippen molar-refractivity contribution < 1.29 is 19.4 Å². The zero-order valence-electron chi connectivity index (χ0n) is 15.3. The fourth-order valence-corrected chi connectivity index (χ4v) is 3.20. The second-order valence-electron chi connectivity index (χ2n) is 6.45. The van der Waals surface area contributed by atoms with E-state index in [9.17, 15) is 5.21 Å². The summed E-state index contributed by atoms with van der Waals surface area (Å²) >= 11 is 0. The summed E-state index contributed by atoms with van der Waals surface area (Å²) in [5.74, 6) is 2.71. The molecule has 4 bridgehead atoms. The van der Waals surface area contributed by atoms with Gasteiger partial charge in [-0.2, -0.15) is 0 Å². The third-order valence-corrected chi connectivity index (χ3v) is 4.70. The number of methoxy groups -OCH3 is 2. The normalized spacial score (nSPS) is 16.5. The van der Waals surface area contributed by atoms with Crippen molar-refractivity contribution >= 4 is 5.71 Å². The second-order valence-corrected chi connectivity index (χ2v) is 6.45. The van der Waals surface area contributed by atoms with Crippen molar-refractivity contribution in [3.63, 3.8) is 0 Å². The Labute approximate surface area is 154 Å². The maximum atomic E-state index is 9.25. The number of aryl methyl sites for hydroxylation is 2. The number of ether oxygens (including phenoxy) is 3. The van der Waals surface area contributed by atoms with Crippen LogP contribution in [-0.2, 0) is 12.8 Å². The number of oxime groups is 1. The van der Waals surface area contributed by atoms with E-state index >= 15 is 0 Å². The Hall–Kier alpha value is -2.69. The van der Waals surface area contributed by atoms with Gasteiger partial charge in [-0.15, -0.1) is 0 Å². The first-order valence-electron chi connectivity index (χ1n) is 8.95. The van der Waals surface area contributed by atoms with E-state index in [2.05, 4.69) is 11.2 Å². The highest BCUT2D eigenvalue weighted by molar-refractivity contribution is 5.84. The average Bonchev–Trinajstić information content (AvgIpc) is 2.67. The van der Waals surface area contributed by atoms with Gasteiger partial charge >= 0.3 is 0 Å². The van der Waals surface area contributed by atoms with Crippen LogP contribution in [-0.4, -0.2) is 25.1 Å². The van der Waals surface area contributed by atoms with Gasteiger partial charge in [0.25, 0.3) is 0 Å². The lowest BCUT2D eigenvalue weighted by molar-refractivity contribution is 0.316. The monoisotopic (exact) mass is 355 g/mol. The van der Waals surface area contributed by atoms with Gasteiger partial charge in [-0.1, -0.05) is 17.3 Å². The highest BCUT2D eigenvalue weighted by Gasteiger charge is 2.13. The van der Waals surface area contributed by atoms with Gasteiger partial charge in [0, 0.05) is 0 Å². The Kier molecular flexibility index (Phi) is 6.00. The van der Waals surface area contributed by atoms with Crippen LogP contribution < -0.4 is 14.2 Å². The van der Waals surface area contributed by atoms with Crippen LogP contribution in [0.1, 0.15) is 36.8 Å². The molecule has 0 aliphatic carbocycles. The van der Waals surface area contributed by atoms with Crippen LogP contribution in [0.5, 0.6) is 23.0 Å². The number of benzene rings is 2. The summed E-state index contributed by atoms with van der Waals surface area (Å²) < 4.78 is 17.1. The van der Waals surface area contributed by atoms with E-state index in [4.69, 9.17) is 14.2 Å². The summed E-state index contributed by atoms with van der Waals surface area (Å²) in [5, 5.41) is 12.7. The van der Waals surface area contributed by atoms with Crippen molar-refractivity contribution in [2.45, 2.75) is 38.5 Å². The Balaban J connectivity index is 2.00. The molecule has 1 heterocycles. The topological polar surface area (TPSA) is 60.3 Å². The molecule has 5 heteroatoms. The quantitative estimate of drug-likeness (QED) is 0.609. The molecule has 138 valence electrons. The van der Waals surface area contributed by atoms with Gasteiger partial charge in [0.2, 0.25) is 0 Å². The van der Waals surface area contributed by atoms with Crippen molar-refractivity contribution in [2.24, 2.45) is 5.16 Å². The fourth-order valence-electron chi connectivity index (χ4n) is 3.20. The molecular formula is C21H25NO4. The number of nitrogens with zero attached hydrogens (tertiary/aromatic N) is 1. The largest absolute Gasteiger partial charge is 0.493 e. The molecule has 0 atom stereocenters. The molecule has 1 aliphatic rings. The van der Waals surface area contributed by atoms with Crippen LogP contribution in [0.25, 0.3) is 0 Å². The predicted molar refractivity (Wildman–Crippen MR) is 101 cm³/mol. The van der Waals surface area contributed by atoms with Crippen LogP contribution in [0.3, 0.4) is 0 Å². The molecule has 1 aliphatic heterocycles. The van der Waals surface area contributed by atoms with Crippen LogP contribution in [0.2, 0.25) is 0 Å². The van der Waals surface area contributed by atoms with E-state index in [1.807, 2.05) is 30.3 Å². The van der Waals surface area contributed by atoms with Crippen LogP contribution in [0.4, 0.5) is 0 Å². The minimum absolute atomic E-state index is 0.653. The molecule has 0 aromatic heterocycles. The standard InChI is InChI=1S/C21H25NO4/c1-24-18-11-8-15-5-3-4-6-17(22-23)10-7-16-9-12-19(25-2)21(14-16)26-20(18)13-15/h8-9,11-14,23H,3-7,10H2,1-2H3/b22-17-. The van der Waals surface area contributed by atoms with Crippen LogP contribution >= 0.6 is 0 Å². The molecule has 0 fully saturated rings. The van der Waals surface area contributed by atoms with Crippen molar-refractivity contribution in [1.29, 1.82) is 0 Å². The molecule has 0 radical (unpaired) electrons. The minimum atomic E-state index is 0.653. The van der Waals surface area contributed by atoms with Crippen molar-refractivity contribution in [1.82, 2.24) is 0 Å². The average molecular weight is 355 g/mol. The summed E-state index contributed by atoms with van der Waals surface area (Å²) in [7, 11) is 3.27. The summed E-state index contributed by atoms with van der Waals surface area (Å²) in [6.45, 7) is 0. The Morgan fingerprint density at radius 1 is 0.808 bits per heavy atom. The molecule has 0 amide bonds. The Morgan fingerprint density at radius 2 is 1.38 bits per heavy atom. The van der Waals surface area contributed by atoms with Gasteiger partial charge in [-0.3, -0.25) is 0 Å². The number of hydrogen-bond acceptors (Lipinski definition) is 5. The highest BCUT2D eigenvalue weighted by atomic mass is 16.5. The Bertz CT molecular complexity index is 786. The van der Waals surface area contributed by atoms with E-state index < -0.39 is 0 Å². The van der Waals surface area contributed by atoms with E-state index in [1.54, 1.807) is 14.2 Å². The molecule has 0 unspecified atom stereocenters. The van der Waals surface area contributed by atoms with Gasteiger partial charge in [-0.25, -0.2) is 0 Å². The first kappa shape index (κ1) is 18.1. The molecule has 0 spiro atoms. The van der Waals surface area contributed by atoms with Gasteiger partial charge in [-0.05, 0) is 73.9 Å². The fraction of sp³-hybridized carbons (Fsp3) is 0.381. The number of hydrogen-bond donors (Lipinski definition) is 1. The maximum Gasteiger partial charge on any atom is 0.169 e. The van der Waals surface area contributed by atoms with Crippen molar-refractivity contribution in [3.8, 4) is 23.0 Å². The molecule has 3 rings (SSSR count). The molecule has 26 heavy (non-hydrogen) atoms. The third kappa shape index (κ3) is 4.28. The van der Waals surface area contributed by atoms with Crippen LogP contribution in [0.15, 0.2) is 41.6 Å². The summed E-state index contributed by atoms with van der Waals surface area (Å²) in [5.41, 5.74) is 3.14. The summed E-state index contributed by atoms with van der Waals surface area (Å²) in [6, 6.07) is 11.9. The van der Waals surface area contributed by atoms with E-state index in [0.29, 0.717) is 23.0 Å². The SMILES string of the molecule is COc1ccc2cc1Oc1cc(ccc1OC)CC/C(=N\O)CCCC2. The lowest BCUT2D eigenvalue weighted by Crippen LogP contribution is -2.03. The molecule has 5 nitrogen and oxygen atoms in total. The van der Waals surface area contributed by atoms with E-state index in [0.717, 1.165) is 49.8 Å². The predicted octanol–water partition coefficient (Wildman–Crippen LogP) is 4.99. The maximum absolute atomic E-state index is 9.25. The lowest BCUT2D eigenvalue weighted by Gasteiger charge is -2.16. The van der Waals surface area contributed by atoms with Crippen molar-refractivity contribution in [3.05, 3.63) is 47.5 Å². The highest BCUT2D eigenvalue weighted by Crippen LogP contribution is 2.38. The van der Waals surface area contributed by atoms with E-state index in [1.165, 1.54) is 5.56 Å². The first-order valence-corrected chi connectivity index (χ1v) is 8.95. The molecular weight excluding hydrogens is 330 g/mol. The third-order valence-electron chi connectivity index (χ3n) is 4.70. The second kappa shape index (κ2) is 8.61. The van der Waals surface area contributed by atoms with E-state index in [-0.39, 0.29) is 0 Å². The lowest BCUT2D eigenvalue weighted by atomic mass is 10.0. The number of fused-ring (bicyclic) bond motifs is 4. The van der Waals surface area contributed by atoms with Crippen LogP contribution in [0, 0.1) is 0 Å². The first-order chi connectivity index (χ1) is 12.7. The number of rotatable bonds is 2. The van der Waals surface area contributed by atoms with Crippen molar-refractivity contribution in [2.75, 3.05) is 14.2 Å². The van der Waals surface area contributed by atoms with Gasteiger partial charge in [0.05, 0.1) is 19.9 Å².